The SMILES string of the molecule is CC(C)(C)c1ccc(-c2cc(COC(=O)c3cc(Cl)cnc3Cl)on2)cc1.CCc1ccc(-c2cc(COC(=O)c3cc(Cl)cnc3Cl)on2)cc1.CCc1ccc(-c2cc(COC(=O)c3cc(Cl)cnc3Cl)on2)cc1.Cc1cc(C)c(-c2cc(COC(=O)c3cc(Cl)cnc3Cl)on2)c(C)c1.Cc1ccc(-c2cc(COC(=O)c3cc(Cl)cnc3Cl)on2)cc1. The van der Waals surface area contributed by atoms with E-state index >= 15 is 0 Å². The van der Waals surface area contributed by atoms with Gasteiger partial charge in [0, 0.05) is 89.1 Å². The number of carbonyl (C=O) groups is 5. The van der Waals surface area contributed by atoms with Crippen LogP contribution in [0.3, 0.4) is 0 Å². The molecule has 0 N–H and O–H groups in total. The van der Waals surface area contributed by atoms with Crippen LogP contribution in [0.2, 0.25) is 50.9 Å². The topological polar surface area (TPSA) is 326 Å². The molecule has 25 nitrogen and oxygen atoms in total. The number of nitrogens with zero attached hydrogens (tertiary/aromatic N) is 10. The van der Waals surface area contributed by atoms with Gasteiger partial charge in [0.1, 0.15) is 54.2 Å². The van der Waals surface area contributed by atoms with Crippen molar-refractivity contribution in [2.24, 2.45) is 0 Å². The van der Waals surface area contributed by atoms with Crippen LogP contribution < -0.4 is 0 Å². The highest BCUT2D eigenvalue weighted by Gasteiger charge is 2.24. The zero-order chi connectivity index (χ0) is 91.2. The van der Waals surface area contributed by atoms with Gasteiger partial charge in [-0.2, -0.15) is 0 Å². The number of hydrogen-bond donors (Lipinski definition) is 0. The fourth-order valence-corrected chi connectivity index (χ4v) is 13.4. The molecule has 0 unspecified atom stereocenters. The smallest absolute Gasteiger partial charge is 0.341 e. The second-order valence-electron chi connectivity index (χ2n) is 28.8. The zero-order valence-electron chi connectivity index (χ0n) is 68.9. The van der Waals surface area contributed by atoms with Crippen molar-refractivity contribution in [3.8, 4) is 56.3 Å². The molecule has 0 bridgehead atoms. The molecule has 15 rings (SSSR count). The summed E-state index contributed by atoms with van der Waals surface area (Å²) < 4.78 is 52.1. The lowest BCUT2D eigenvalue weighted by Crippen LogP contribution is -2.10. The zero-order valence-corrected chi connectivity index (χ0v) is 76.4. The third kappa shape index (κ3) is 27.3. The van der Waals surface area contributed by atoms with Gasteiger partial charge in [0.25, 0.3) is 0 Å². The summed E-state index contributed by atoms with van der Waals surface area (Å²) in [5.41, 5.74) is 17.0. The molecule has 0 amide bonds. The molecule has 127 heavy (non-hydrogen) atoms. The lowest BCUT2D eigenvalue weighted by Gasteiger charge is -2.18. The number of esters is 5. The van der Waals surface area contributed by atoms with Crippen molar-refractivity contribution in [2.75, 3.05) is 0 Å². The minimum atomic E-state index is -0.637. The van der Waals surface area contributed by atoms with Gasteiger partial charge in [-0.25, -0.2) is 48.9 Å². The third-order valence-corrected chi connectivity index (χ3v) is 20.8. The van der Waals surface area contributed by atoms with Crippen LogP contribution in [0.4, 0.5) is 0 Å². The molecule has 0 atom stereocenters. The van der Waals surface area contributed by atoms with Gasteiger partial charge in [-0.1, -0.05) is 297 Å². The van der Waals surface area contributed by atoms with Gasteiger partial charge < -0.3 is 46.3 Å². The van der Waals surface area contributed by atoms with E-state index in [9.17, 15) is 24.0 Å². The number of aromatic nitrogens is 10. The Bertz CT molecular complexity index is 6200. The first-order valence-electron chi connectivity index (χ1n) is 38.4. The van der Waals surface area contributed by atoms with Gasteiger partial charge in [-0.15, -0.1) is 0 Å². The Balaban J connectivity index is 0.000000154. The summed E-state index contributed by atoms with van der Waals surface area (Å²) >= 11 is 58.5. The van der Waals surface area contributed by atoms with E-state index in [0.717, 1.165) is 57.3 Å². The first-order chi connectivity index (χ1) is 60.7. The number of ether oxygens (including phenoxy) is 5. The maximum absolute atomic E-state index is 12.1. The predicted octanol–water partition coefficient (Wildman–Crippen LogP) is 25.7. The Kier molecular flexibility index (Phi) is 34.0. The minimum Gasteiger partial charge on any atom is -0.454 e. The van der Waals surface area contributed by atoms with Crippen molar-refractivity contribution in [1.29, 1.82) is 0 Å². The predicted molar refractivity (Wildman–Crippen MR) is 483 cm³/mol. The number of pyridine rings is 5. The molecule has 0 saturated carbocycles. The highest BCUT2D eigenvalue weighted by molar-refractivity contribution is 6.37. The summed E-state index contributed by atoms with van der Waals surface area (Å²) in [6.07, 6.45) is 8.72. The Hall–Kier alpha value is -11.9. The van der Waals surface area contributed by atoms with Crippen LogP contribution in [0.15, 0.2) is 223 Å². The Morgan fingerprint density at radius 3 is 0.772 bits per heavy atom. The average Bonchev–Trinajstić information content (AvgIpc) is 1.42. The molecule has 0 saturated heterocycles. The van der Waals surface area contributed by atoms with Crippen LogP contribution in [0, 0.1) is 27.7 Å². The summed E-state index contributed by atoms with van der Waals surface area (Å²) in [5.74, 6) is -1.05. The summed E-state index contributed by atoms with van der Waals surface area (Å²) in [6, 6.07) is 51.9. The normalized spacial score (nSPS) is 10.9. The fourth-order valence-electron chi connectivity index (χ4n) is 11.7. The van der Waals surface area contributed by atoms with Crippen molar-refractivity contribution < 1.29 is 70.3 Å². The maximum Gasteiger partial charge on any atom is 0.341 e. The Labute approximate surface area is 778 Å². The van der Waals surface area contributed by atoms with E-state index in [2.05, 4.69) is 110 Å². The second-order valence-corrected chi connectivity index (χ2v) is 32.8. The van der Waals surface area contributed by atoms with E-state index < -0.39 is 29.8 Å². The molecule has 0 aliphatic rings. The summed E-state index contributed by atoms with van der Waals surface area (Å²) in [6.45, 7) is 18.4. The van der Waals surface area contributed by atoms with E-state index in [1.54, 1.807) is 30.3 Å². The van der Waals surface area contributed by atoms with Crippen LogP contribution in [0.25, 0.3) is 56.3 Å². The van der Waals surface area contributed by atoms with Crippen LogP contribution in [0.5, 0.6) is 0 Å². The first kappa shape index (κ1) is 95.8. The van der Waals surface area contributed by atoms with Crippen molar-refractivity contribution in [2.45, 2.75) is 114 Å². The first-order valence-corrected chi connectivity index (χ1v) is 42.2. The van der Waals surface area contributed by atoms with Crippen LogP contribution in [-0.4, -0.2) is 80.5 Å². The maximum atomic E-state index is 12.1. The van der Waals surface area contributed by atoms with E-state index in [-0.39, 0.29) is 92.0 Å². The van der Waals surface area contributed by atoms with E-state index in [1.807, 2.05) is 113 Å². The van der Waals surface area contributed by atoms with E-state index in [1.165, 1.54) is 83.6 Å². The molecule has 0 radical (unpaired) electrons. The molecule has 10 aromatic heterocycles. The standard InChI is InChI=1S/C20H18Cl2N2O3.C19H16Cl2N2O3.2C18H14Cl2N2O3.C17H12Cl2N2O3/c1-20(2,3)13-6-4-12(5-7-13)17-9-15(27-24-17)11-26-19(25)16-8-14(21)10-23-18(16)22;1-10-4-11(2)17(12(3)5-10)16-7-14(26-23-16)9-25-19(24)15-6-13(20)8-22-18(15)21;2*1-2-11-3-5-12(6-4-11)16-8-14(25-22-16)10-24-18(23)15-7-13(19)9-21-17(15)20;1-10-2-4-11(5-3-10)15-7-13(24-21-15)9-23-17(22)14-6-12(18)8-20-16(14)19/h4-10H,11H2,1-3H3;4-8H,9H2,1-3H3;2*3-9H,2,10H2,1H3;2-8H,9H2,1H3. The third-order valence-electron chi connectivity index (χ3n) is 18.3. The molecule has 15 aromatic rings. The quantitative estimate of drug-likeness (QED) is 0.0345. The van der Waals surface area contributed by atoms with Gasteiger partial charge in [-0.05, 0) is 104 Å². The van der Waals surface area contributed by atoms with Crippen molar-refractivity contribution >= 4 is 146 Å². The van der Waals surface area contributed by atoms with Crippen LogP contribution in [0.1, 0.15) is 154 Å². The molecule has 652 valence electrons. The average molecular weight is 1910 g/mol. The van der Waals surface area contributed by atoms with Gasteiger partial charge in [0.15, 0.2) is 61.8 Å². The van der Waals surface area contributed by atoms with Crippen molar-refractivity contribution in [1.82, 2.24) is 50.7 Å². The van der Waals surface area contributed by atoms with Crippen LogP contribution in [-0.2, 0) is 75.0 Å². The molecular formula is C92H74Cl10N10O15. The van der Waals surface area contributed by atoms with Gasteiger partial charge in [0.05, 0.1) is 52.9 Å². The number of hydrogen-bond acceptors (Lipinski definition) is 25. The van der Waals surface area contributed by atoms with Crippen molar-refractivity contribution in [3.05, 3.63) is 347 Å². The summed E-state index contributed by atoms with van der Waals surface area (Å²) in [5, 5.41) is 21.7. The molecule has 0 aliphatic heterocycles. The second kappa shape index (κ2) is 45.0. The molecular weight excluding hydrogens is 1840 g/mol. The Morgan fingerprint density at radius 2 is 0.528 bits per heavy atom. The molecule has 35 heteroatoms. The number of rotatable bonds is 22. The van der Waals surface area contributed by atoms with Gasteiger partial charge in [0.2, 0.25) is 0 Å². The molecule has 0 fully saturated rings. The molecule has 5 aromatic carbocycles. The van der Waals surface area contributed by atoms with Gasteiger partial charge in [-0.3, -0.25) is 0 Å². The molecule has 0 aliphatic carbocycles. The summed E-state index contributed by atoms with van der Waals surface area (Å²) in [4.78, 5) is 79.5. The number of halogens is 10. The summed E-state index contributed by atoms with van der Waals surface area (Å²) in [7, 11) is 0. The lowest BCUT2D eigenvalue weighted by molar-refractivity contribution is 0.0429. The highest BCUT2D eigenvalue weighted by Crippen LogP contribution is 2.33. The monoisotopic (exact) mass is 1910 g/mol. The van der Waals surface area contributed by atoms with E-state index in [4.69, 9.17) is 162 Å². The Morgan fingerprint density at radius 1 is 0.299 bits per heavy atom. The highest BCUT2D eigenvalue weighted by atomic mass is 35.5. The van der Waals surface area contributed by atoms with Crippen molar-refractivity contribution in [3.63, 3.8) is 0 Å². The number of benzene rings is 5. The fraction of sp³-hybridized carbons (Fsp3) is 0.185. The van der Waals surface area contributed by atoms with Crippen LogP contribution >= 0.6 is 116 Å². The molecule has 0 spiro atoms. The number of aryl methyl sites for hydroxylation is 6. The minimum absolute atomic E-state index is 0.0293. The lowest BCUT2D eigenvalue weighted by atomic mass is 9.86. The molecule has 10 heterocycles. The van der Waals surface area contributed by atoms with E-state index in [0.29, 0.717) is 82.4 Å². The largest absolute Gasteiger partial charge is 0.454 e. The number of carbonyl (C=O) groups excluding carboxylic acids is 5. The van der Waals surface area contributed by atoms with Gasteiger partial charge >= 0.3 is 29.8 Å².